The summed E-state index contributed by atoms with van der Waals surface area (Å²) in [6, 6.07) is 8.03. The fourth-order valence-electron chi connectivity index (χ4n) is 3.47. The summed E-state index contributed by atoms with van der Waals surface area (Å²) in [5, 5.41) is 0. The first-order chi connectivity index (χ1) is 16.1. The number of nitrogens with zero attached hydrogens (tertiary/aromatic N) is 1. The highest BCUT2D eigenvalue weighted by atomic mass is 32.2. The van der Waals surface area contributed by atoms with Crippen molar-refractivity contribution in [3.05, 3.63) is 65.2 Å². The minimum absolute atomic E-state index is 0.0127. The first-order valence-electron chi connectivity index (χ1n) is 10.6. The molecule has 0 saturated carbocycles. The normalized spacial score (nSPS) is 15.0. The van der Waals surface area contributed by atoms with E-state index in [2.05, 4.69) is 0 Å². The Bertz CT molecular complexity index is 1170. The summed E-state index contributed by atoms with van der Waals surface area (Å²) >= 11 is 0. The lowest BCUT2D eigenvalue weighted by Crippen LogP contribution is -2.40. The van der Waals surface area contributed by atoms with E-state index >= 15 is 0 Å². The molecule has 0 radical (unpaired) electrons. The number of ketones is 1. The maximum atomic E-state index is 13.3. The van der Waals surface area contributed by atoms with Gasteiger partial charge in [-0.15, -0.1) is 0 Å². The Morgan fingerprint density at radius 1 is 0.941 bits per heavy atom. The van der Waals surface area contributed by atoms with Crippen molar-refractivity contribution in [3.8, 4) is 0 Å². The fourth-order valence-corrected chi connectivity index (χ4v) is 4.94. The molecule has 1 saturated heterocycles. The predicted molar refractivity (Wildman–Crippen MR) is 116 cm³/mol. The van der Waals surface area contributed by atoms with Gasteiger partial charge in [-0.2, -0.15) is 4.31 Å². The summed E-state index contributed by atoms with van der Waals surface area (Å²) in [6.45, 7) is 1.38. The van der Waals surface area contributed by atoms with Crippen LogP contribution in [0.25, 0.3) is 0 Å². The highest BCUT2D eigenvalue weighted by Gasteiger charge is 2.33. The van der Waals surface area contributed by atoms with Crippen LogP contribution < -0.4 is 0 Å². The SMILES string of the molecule is CCOC(=O)c1ccc(S(=O)(=O)N2CCC(C(=O)OCC(=O)c3ccc(F)c(F)c3)CC2)cc1. The molecule has 0 atom stereocenters. The van der Waals surface area contributed by atoms with E-state index in [1.54, 1.807) is 6.92 Å². The van der Waals surface area contributed by atoms with Crippen LogP contribution in [0.5, 0.6) is 0 Å². The zero-order valence-electron chi connectivity index (χ0n) is 18.3. The summed E-state index contributed by atoms with van der Waals surface area (Å²) in [5.41, 5.74) is 0.113. The number of hydrogen-bond acceptors (Lipinski definition) is 7. The van der Waals surface area contributed by atoms with Crippen molar-refractivity contribution in [2.24, 2.45) is 5.92 Å². The molecular formula is C23H23F2NO7S. The second kappa shape index (κ2) is 10.8. The van der Waals surface area contributed by atoms with Crippen molar-refractivity contribution in [2.45, 2.75) is 24.7 Å². The van der Waals surface area contributed by atoms with Crippen LogP contribution in [-0.4, -0.2) is 56.7 Å². The van der Waals surface area contributed by atoms with Crippen LogP contribution in [-0.2, 0) is 24.3 Å². The second-order valence-electron chi connectivity index (χ2n) is 7.58. The predicted octanol–water partition coefficient (Wildman–Crippen LogP) is 2.97. The molecule has 1 heterocycles. The van der Waals surface area contributed by atoms with Crippen molar-refractivity contribution in [1.82, 2.24) is 4.31 Å². The molecule has 182 valence electrons. The first-order valence-corrected chi connectivity index (χ1v) is 12.0. The van der Waals surface area contributed by atoms with Gasteiger partial charge in [-0.25, -0.2) is 22.0 Å². The largest absolute Gasteiger partial charge is 0.462 e. The molecular weight excluding hydrogens is 472 g/mol. The lowest BCUT2D eigenvalue weighted by molar-refractivity contribution is -0.148. The van der Waals surface area contributed by atoms with Gasteiger partial charge in [-0.3, -0.25) is 9.59 Å². The number of carbonyl (C=O) groups excluding carboxylic acids is 3. The van der Waals surface area contributed by atoms with E-state index < -0.39 is 51.9 Å². The minimum Gasteiger partial charge on any atom is -0.462 e. The zero-order valence-corrected chi connectivity index (χ0v) is 19.1. The van der Waals surface area contributed by atoms with E-state index in [4.69, 9.17) is 9.47 Å². The van der Waals surface area contributed by atoms with Gasteiger partial charge in [-0.1, -0.05) is 0 Å². The Morgan fingerprint density at radius 3 is 2.15 bits per heavy atom. The second-order valence-corrected chi connectivity index (χ2v) is 9.52. The average molecular weight is 496 g/mol. The van der Waals surface area contributed by atoms with Crippen molar-refractivity contribution in [1.29, 1.82) is 0 Å². The van der Waals surface area contributed by atoms with Crippen LogP contribution in [0.2, 0.25) is 0 Å². The van der Waals surface area contributed by atoms with Crippen LogP contribution in [0.3, 0.4) is 0 Å². The first kappa shape index (κ1) is 25.4. The molecule has 34 heavy (non-hydrogen) atoms. The summed E-state index contributed by atoms with van der Waals surface area (Å²) in [6.07, 6.45) is 0.386. The number of piperidine rings is 1. The smallest absolute Gasteiger partial charge is 0.338 e. The van der Waals surface area contributed by atoms with Gasteiger partial charge < -0.3 is 9.47 Å². The Balaban J connectivity index is 1.53. The van der Waals surface area contributed by atoms with E-state index in [9.17, 15) is 31.6 Å². The number of Topliss-reactive ketones (excluding diaryl/α,β-unsaturated/α-hetero) is 1. The number of sulfonamides is 1. The molecule has 1 aliphatic heterocycles. The topological polar surface area (TPSA) is 107 Å². The van der Waals surface area contributed by atoms with E-state index in [0.29, 0.717) is 0 Å². The summed E-state index contributed by atoms with van der Waals surface area (Å²) in [4.78, 5) is 36.1. The third-order valence-electron chi connectivity index (χ3n) is 5.38. The van der Waals surface area contributed by atoms with Gasteiger partial charge in [0, 0.05) is 18.7 Å². The molecule has 2 aromatic carbocycles. The lowest BCUT2D eigenvalue weighted by atomic mass is 9.98. The molecule has 0 unspecified atom stereocenters. The average Bonchev–Trinajstić information content (AvgIpc) is 2.84. The molecule has 2 aromatic rings. The maximum absolute atomic E-state index is 13.3. The number of rotatable bonds is 8. The fraction of sp³-hybridized carbons (Fsp3) is 0.348. The van der Waals surface area contributed by atoms with E-state index in [-0.39, 0.29) is 48.6 Å². The van der Waals surface area contributed by atoms with Gasteiger partial charge in [0.15, 0.2) is 24.0 Å². The van der Waals surface area contributed by atoms with Crippen molar-refractivity contribution in [3.63, 3.8) is 0 Å². The van der Waals surface area contributed by atoms with Crippen LogP contribution in [0.15, 0.2) is 47.4 Å². The zero-order chi connectivity index (χ0) is 24.9. The van der Waals surface area contributed by atoms with E-state index in [1.807, 2.05) is 0 Å². The minimum atomic E-state index is -3.83. The Hall–Kier alpha value is -3.18. The molecule has 0 amide bonds. The standard InChI is InChI=1S/C23H23F2NO7S/c1-2-32-22(28)15-3-6-18(7-4-15)34(30,31)26-11-9-16(10-12-26)23(29)33-14-21(27)17-5-8-19(24)20(25)13-17/h3-8,13,16H,2,9-12,14H2,1H3. The van der Waals surface area contributed by atoms with Crippen LogP contribution in [0.1, 0.15) is 40.5 Å². The van der Waals surface area contributed by atoms with Gasteiger partial charge in [0.1, 0.15) is 0 Å². The highest BCUT2D eigenvalue weighted by molar-refractivity contribution is 7.89. The molecule has 11 heteroatoms. The molecule has 0 bridgehead atoms. The van der Waals surface area contributed by atoms with Crippen LogP contribution >= 0.6 is 0 Å². The van der Waals surface area contributed by atoms with Gasteiger partial charge >= 0.3 is 11.9 Å². The number of esters is 2. The third-order valence-corrected chi connectivity index (χ3v) is 7.29. The van der Waals surface area contributed by atoms with Gasteiger partial charge in [-0.05, 0) is 62.2 Å². The monoisotopic (exact) mass is 495 g/mol. The van der Waals surface area contributed by atoms with Crippen molar-refractivity contribution in [2.75, 3.05) is 26.3 Å². The van der Waals surface area contributed by atoms with Gasteiger partial charge in [0.25, 0.3) is 0 Å². The van der Waals surface area contributed by atoms with Crippen molar-refractivity contribution >= 4 is 27.7 Å². The number of ether oxygens (including phenoxy) is 2. The Morgan fingerprint density at radius 2 is 1.56 bits per heavy atom. The van der Waals surface area contributed by atoms with Crippen LogP contribution in [0, 0.1) is 17.6 Å². The van der Waals surface area contributed by atoms with Crippen LogP contribution in [0.4, 0.5) is 8.78 Å². The van der Waals surface area contributed by atoms with Gasteiger partial charge in [0.2, 0.25) is 10.0 Å². The van der Waals surface area contributed by atoms with E-state index in [0.717, 1.165) is 18.2 Å². The molecule has 0 aliphatic carbocycles. The number of carbonyl (C=O) groups is 3. The molecule has 3 rings (SSSR count). The Kier molecular flexibility index (Phi) is 8.11. The number of hydrogen-bond donors (Lipinski definition) is 0. The molecule has 0 aromatic heterocycles. The maximum Gasteiger partial charge on any atom is 0.338 e. The lowest BCUT2D eigenvalue weighted by Gasteiger charge is -2.30. The Labute approximate surface area is 195 Å². The molecule has 8 nitrogen and oxygen atoms in total. The number of benzene rings is 2. The summed E-state index contributed by atoms with van der Waals surface area (Å²) < 4.78 is 63.1. The summed E-state index contributed by atoms with van der Waals surface area (Å²) in [7, 11) is -3.83. The summed E-state index contributed by atoms with van der Waals surface area (Å²) in [5.74, 6) is -4.76. The van der Waals surface area contributed by atoms with Gasteiger partial charge in [0.05, 0.1) is 23.0 Å². The highest BCUT2D eigenvalue weighted by Crippen LogP contribution is 2.25. The molecule has 1 fully saturated rings. The molecule has 0 spiro atoms. The third kappa shape index (κ3) is 5.84. The van der Waals surface area contributed by atoms with Crippen molar-refractivity contribution < 1.29 is 41.1 Å². The molecule has 0 N–H and O–H groups in total. The number of halogens is 2. The van der Waals surface area contributed by atoms with E-state index in [1.165, 1.54) is 28.6 Å². The quantitative estimate of drug-likeness (QED) is 0.409. The molecule has 1 aliphatic rings.